The summed E-state index contributed by atoms with van der Waals surface area (Å²) in [6.45, 7) is 0. The Morgan fingerprint density at radius 1 is 1.46 bits per heavy atom. The fourth-order valence-corrected chi connectivity index (χ4v) is 1.28. The molecule has 62 valence electrons. The molecule has 2 aliphatic rings. The van der Waals surface area contributed by atoms with Crippen LogP contribution in [-0.2, 0) is 4.79 Å². The van der Waals surface area contributed by atoms with Gasteiger partial charge in [-0.1, -0.05) is 12.2 Å². The average Bonchev–Trinajstić information content (AvgIpc) is 2.18. The van der Waals surface area contributed by atoms with Gasteiger partial charge in [0.25, 0.3) is 0 Å². The molecule has 0 amide bonds. The number of fused-ring (bicyclic) bond motifs is 1. The standard InChI is InChI=1S/C10H6N2O/c11-6-7-1-2-9-8(5-7)10(13)3-4-12-9/h1-5,7H/t7-/m1/s1. The van der Waals surface area contributed by atoms with Gasteiger partial charge < -0.3 is 0 Å². The van der Waals surface area contributed by atoms with Crippen molar-refractivity contribution >= 4 is 11.5 Å². The van der Waals surface area contributed by atoms with Gasteiger partial charge in [-0.05, 0) is 6.08 Å². The minimum atomic E-state index is -0.301. The molecule has 0 unspecified atom stereocenters. The number of aliphatic imine (C=N–C) groups is 1. The summed E-state index contributed by atoms with van der Waals surface area (Å²) in [5, 5.41) is 8.65. The highest BCUT2D eigenvalue weighted by Crippen LogP contribution is 2.18. The van der Waals surface area contributed by atoms with Gasteiger partial charge in [0.05, 0.1) is 17.7 Å². The van der Waals surface area contributed by atoms with E-state index in [0.717, 1.165) is 0 Å². The van der Waals surface area contributed by atoms with Crippen LogP contribution < -0.4 is 0 Å². The van der Waals surface area contributed by atoms with Crippen LogP contribution in [0.15, 0.2) is 41.1 Å². The van der Waals surface area contributed by atoms with Gasteiger partial charge in [0, 0.05) is 17.8 Å². The number of carbonyl (C=O) groups excluding carboxylic acids is 1. The van der Waals surface area contributed by atoms with Gasteiger partial charge in [0.2, 0.25) is 0 Å². The third-order valence-corrected chi connectivity index (χ3v) is 1.94. The van der Waals surface area contributed by atoms with E-state index in [0.29, 0.717) is 11.3 Å². The van der Waals surface area contributed by atoms with Crippen molar-refractivity contribution in [2.45, 2.75) is 0 Å². The van der Waals surface area contributed by atoms with E-state index in [1.165, 1.54) is 12.3 Å². The largest absolute Gasteiger partial charge is 0.289 e. The zero-order valence-corrected chi connectivity index (χ0v) is 6.77. The Morgan fingerprint density at radius 2 is 2.31 bits per heavy atom. The first kappa shape index (κ1) is 7.69. The second kappa shape index (κ2) is 2.83. The van der Waals surface area contributed by atoms with Gasteiger partial charge in [-0.2, -0.15) is 5.26 Å². The Bertz CT molecular complexity index is 419. The zero-order valence-electron chi connectivity index (χ0n) is 6.77. The molecular weight excluding hydrogens is 164 g/mol. The summed E-state index contributed by atoms with van der Waals surface area (Å²) in [4.78, 5) is 15.3. The van der Waals surface area contributed by atoms with Crippen molar-refractivity contribution in [1.82, 2.24) is 0 Å². The molecule has 0 radical (unpaired) electrons. The summed E-state index contributed by atoms with van der Waals surface area (Å²) in [7, 11) is 0. The van der Waals surface area contributed by atoms with E-state index >= 15 is 0 Å². The maximum Gasteiger partial charge on any atom is 0.189 e. The van der Waals surface area contributed by atoms with E-state index in [-0.39, 0.29) is 11.7 Å². The van der Waals surface area contributed by atoms with Crippen molar-refractivity contribution < 1.29 is 4.79 Å². The van der Waals surface area contributed by atoms with Crippen LogP contribution in [0.3, 0.4) is 0 Å². The van der Waals surface area contributed by atoms with Crippen molar-refractivity contribution in [1.29, 1.82) is 5.26 Å². The minimum Gasteiger partial charge on any atom is -0.289 e. The van der Waals surface area contributed by atoms with Gasteiger partial charge in [0.1, 0.15) is 0 Å². The number of nitrogens with zero attached hydrogens (tertiary/aromatic N) is 2. The normalized spacial score (nSPS) is 24.5. The summed E-state index contributed by atoms with van der Waals surface area (Å²) in [5.41, 5.74) is 1.19. The molecule has 0 bridgehead atoms. The molecule has 2 rings (SSSR count). The molecule has 0 N–H and O–H groups in total. The molecule has 0 spiro atoms. The summed E-state index contributed by atoms with van der Waals surface area (Å²) in [6, 6.07) is 2.06. The Labute approximate surface area is 75.4 Å². The van der Waals surface area contributed by atoms with Gasteiger partial charge in [-0.25, -0.2) is 0 Å². The molecule has 1 heterocycles. The molecule has 1 aliphatic heterocycles. The monoisotopic (exact) mass is 170 g/mol. The van der Waals surface area contributed by atoms with Gasteiger partial charge in [-0.15, -0.1) is 0 Å². The second-order valence-electron chi connectivity index (χ2n) is 2.79. The van der Waals surface area contributed by atoms with Crippen LogP contribution in [0, 0.1) is 17.2 Å². The van der Waals surface area contributed by atoms with Crippen molar-refractivity contribution in [3.8, 4) is 6.07 Å². The Balaban J connectivity index is 2.45. The number of ketones is 1. The lowest BCUT2D eigenvalue weighted by atomic mass is 9.93. The molecule has 13 heavy (non-hydrogen) atoms. The van der Waals surface area contributed by atoms with E-state index in [1.807, 2.05) is 0 Å². The SMILES string of the molecule is N#C[C@@H]1C=CC2=NC=CC(=O)C2=C1. The molecule has 0 aromatic rings. The quantitative estimate of drug-likeness (QED) is 0.547. The van der Waals surface area contributed by atoms with E-state index in [2.05, 4.69) is 11.1 Å². The fraction of sp³-hybridized carbons (Fsp3) is 0.100. The highest BCUT2D eigenvalue weighted by Gasteiger charge is 2.19. The first-order chi connectivity index (χ1) is 6.31. The summed E-state index contributed by atoms with van der Waals surface area (Å²) in [6.07, 6.45) is 7.97. The topological polar surface area (TPSA) is 53.2 Å². The zero-order chi connectivity index (χ0) is 9.26. The van der Waals surface area contributed by atoms with E-state index in [1.54, 1.807) is 18.2 Å². The molecule has 1 atom stereocenters. The van der Waals surface area contributed by atoms with Crippen LogP contribution in [0.4, 0.5) is 0 Å². The third-order valence-electron chi connectivity index (χ3n) is 1.94. The van der Waals surface area contributed by atoms with Crippen molar-refractivity contribution in [3.63, 3.8) is 0 Å². The predicted molar refractivity (Wildman–Crippen MR) is 47.9 cm³/mol. The number of allylic oxidation sites excluding steroid dienone is 5. The van der Waals surface area contributed by atoms with E-state index in [4.69, 9.17) is 5.26 Å². The summed E-state index contributed by atoms with van der Waals surface area (Å²) < 4.78 is 0. The molecule has 0 aromatic carbocycles. The fourth-order valence-electron chi connectivity index (χ4n) is 1.28. The third kappa shape index (κ3) is 1.23. The lowest BCUT2D eigenvalue weighted by Gasteiger charge is -2.12. The number of hydrogen-bond donors (Lipinski definition) is 0. The Kier molecular flexibility index (Phi) is 1.67. The molecule has 0 fully saturated rings. The molecule has 1 aliphatic carbocycles. The average molecular weight is 170 g/mol. The van der Waals surface area contributed by atoms with E-state index in [9.17, 15) is 4.79 Å². The van der Waals surface area contributed by atoms with Crippen LogP contribution in [0.25, 0.3) is 0 Å². The number of rotatable bonds is 0. The molecule has 3 heteroatoms. The second-order valence-corrected chi connectivity index (χ2v) is 2.79. The maximum absolute atomic E-state index is 11.3. The highest BCUT2D eigenvalue weighted by molar-refractivity contribution is 6.31. The lowest BCUT2D eigenvalue weighted by molar-refractivity contribution is -0.111. The van der Waals surface area contributed by atoms with Crippen LogP contribution in [0.5, 0.6) is 0 Å². The predicted octanol–water partition coefficient (Wildman–Crippen LogP) is 1.16. The molecule has 0 aromatic heterocycles. The summed E-state index contributed by atoms with van der Waals surface area (Å²) >= 11 is 0. The first-order valence-electron chi connectivity index (χ1n) is 3.90. The van der Waals surface area contributed by atoms with E-state index < -0.39 is 0 Å². The maximum atomic E-state index is 11.3. The van der Waals surface area contributed by atoms with Gasteiger partial charge in [-0.3, -0.25) is 9.79 Å². The van der Waals surface area contributed by atoms with Gasteiger partial charge >= 0.3 is 0 Å². The smallest absolute Gasteiger partial charge is 0.189 e. The van der Waals surface area contributed by atoms with Crippen molar-refractivity contribution in [2.24, 2.45) is 10.9 Å². The molecular formula is C10H6N2O. The van der Waals surface area contributed by atoms with Gasteiger partial charge in [0.15, 0.2) is 5.78 Å². The summed E-state index contributed by atoms with van der Waals surface area (Å²) in [5.74, 6) is -0.376. The lowest BCUT2D eigenvalue weighted by Crippen LogP contribution is -2.16. The van der Waals surface area contributed by atoms with Crippen molar-refractivity contribution in [3.05, 3.63) is 36.1 Å². The van der Waals surface area contributed by atoms with Crippen LogP contribution in [-0.4, -0.2) is 11.5 Å². The first-order valence-corrected chi connectivity index (χ1v) is 3.90. The number of carbonyl (C=O) groups is 1. The highest BCUT2D eigenvalue weighted by atomic mass is 16.1. The molecule has 0 saturated carbocycles. The Morgan fingerprint density at radius 3 is 3.08 bits per heavy atom. The Hall–Kier alpha value is -1.95. The minimum absolute atomic E-state index is 0.0744. The molecule has 0 saturated heterocycles. The number of nitriles is 1. The number of hydrogen-bond acceptors (Lipinski definition) is 3. The van der Waals surface area contributed by atoms with Crippen LogP contribution >= 0.6 is 0 Å². The van der Waals surface area contributed by atoms with Crippen LogP contribution in [0.2, 0.25) is 0 Å². The van der Waals surface area contributed by atoms with Crippen molar-refractivity contribution in [2.75, 3.05) is 0 Å². The molecule has 3 nitrogen and oxygen atoms in total. The van der Waals surface area contributed by atoms with Crippen LogP contribution in [0.1, 0.15) is 0 Å².